The van der Waals surface area contributed by atoms with E-state index >= 15 is 0 Å². The first kappa shape index (κ1) is 10.8. The van der Waals surface area contributed by atoms with Gasteiger partial charge in [-0.2, -0.15) is 5.10 Å². The number of aromatic nitrogens is 2. The Labute approximate surface area is 98.6 Å². The van der Waals surface area contributed by atoms with Gasteiger partial charge in [0.15, 0.2) is 0 Å². The normalized spacial score (nSPS) is 10.4. The van der Waals surface area contributed by atoms with Crippen molar-refractivity contribution in [3.63, 3.8) is 0 Å². The van der Waals surface area contributed by atoms with Crippen LogP contribution in [0.4, 0.5) is 5.69 Å². The number of nitrogens with two attached hydrogens (primary N) is 1. The Kier molecular flexibility index (Phi) is 2.75. The van der Waals surface area contributed by atoms with Crippen LogP contribution >= 0.6 is 11.6 Å². The molecule has 2 aromatic rings. The second-order valence-corrected chi connectivity index (χ2v) is 3.83. The van der Waals surface area contributed by atoms with E-state index in [0.717, 1.165) is 17.0 Å². The largest absolute Gasteiger partial charge is 0.496 e. The van der Waals surface area contributed by atoms with Crippen molar-refractivity contribution in [1.29, 1.82) is 0 Å². The molecule has 0 unspecified atom stereocenters. The van der Waals surface area contributed by atoms with Gasteiger partial charge in [-0.1, -0.05) is 11.6 Å². The molecule has 0 aliphatic rings. The average Bonchev–Trinajstić information content (AvgIpc) is 2.58. The number of methoxy groups -OCH3 is 1. The fourth-order valence-corrected chi connectivity index (χ4v) is 1.89. The van der Waals surface area contributed by atoms with Gasteiger partial charge >= 0.3 is 0 Å². The minimum atomic E-state index is 0.575. The van der Waals surface area contributed by atoms with Gasteiger partial charge in [-0.15, -0.1) is 0 Å². The molecule has 0 atom stereocenters. The number of halogens is 1. The van der Waals surface area contributed by atoms with E-state index in [9.17, 15) is 0 Å². The number of nitrogens with zero attached hydrogens (tertiary/aromatic N) is 2. The van der Waals surface area contributed by atoms with Crippen LogP contribution < -0.4 is 10.5 Å². The van der Waals surface area contributed by atoms with Crippen LogP contribution in [0.25, 0.3) is 11.3 Å². The lowest BCUT2D eigenvalue weighted by Gasteiger charge is -2.10. The van der Waals surface area contributed by atoms with Crippen molar-refractivity contribution in [2.24, 2.45) is 7.05 Å². The monoisotopic (exact) mass is 237 g/mol. The van der Waals surface area contributed by atoms with Crippen LogP contribution in [-0.2, 0) is 7.05 Å². The molecule has 1 aromatic heterocycles. The van der Waals surface area contributed by atoms with Crippen LogP contribution in [0.2, 0.25) is 5.02 Å². The Morgan fingerprint density at radius 3 is 2.75 bits per heavy atom. The van der Waals surface area contributed by atoms with Gasteiger partial charge in [0.1, 0.15) is 5.75 Å². The number of nitrogen functional groups attached to an aromatic ring is 1. The lowest BCUT2D eigenvalue weighted by molar-refractivity contribution is 0.416. The third-order valence-corrected chi connectivity index (χ3v) is 2.65. The maximum absolute atomic E-state index is 6.08. The lowest BCUT2D eigenvalue weighted by Crippen LogP contribution is -1.97. The van der Waals surface area contributed by atoms with E-state index in [4.69, 9.17) is 22.1 Å². The Hall–Kier alpha value is -1.68. The van der Waals surface area contributed by atoms with Gasteiger partial charge < -0.3 is 10.5 Å². The number of ether oxygens (including phenoxy) is 1. The molecule has 0 bridgehead atoms. The lowest BCUT2D eigenvalue weighted by atomic mass is 10.1. The molecule has 0 radical (unpaired) electrons. The number of hydrogen-bond donors (Lipinski definition) is 1. The third kappa shape index (κ3) is 1.72. The summed E-state index contributed by atoms with van der Waals surface area (Å²) < 4.78 is 6.97. The fourth-order valence-electron chi connectivity index (χ4n) is 1.62. The third-order valence-electron chi connectivity index (χ3n) is 2.37. The molecule has 0 amide bonds. The first-order valence-corrected chi connectivity index (χ1v) is 5.12. The predicted octanol–water partition coefficient (Wildman–Crippen LogP) is 2.33. The quantitative estimate of drug-likeness (QED) is 0.816. The summed E-state index contributed by atoms with van der Waals surface area (Å²) in [5, 5.41) is 4.66. The maximum atomic E-state index is 6.08. The second kappa shape index (κ2) is 4.06. The topological polar surface area (TPSA) is 53.1 Å². The molecule has 0 aliphatic heterocycles. The average molecular weight is 238 g/mol. The van der Waals surface area contributed by atoms with Gasteiger partial charge in [-0.05, 0) is 18.2 Å². The van der Waals surface area contributed by atoms with Gasteiger partial charge in [0.05, 0.1) is 24.0 Å². The van der Waals surface area contributed by atoms with E-state index in [-0.39, 0.29) is 0 Å². The van der Waals surface area contributed by atoms with Crippen LogP contribution in [0.3, 0.4) is 0 Å². The molecule has 84 valence electrons. The van der Waals surface area contributed by atoms with Crippen LogP contribution in [0.1, 0.15) is 0 Å². The summed E-state index contributed by atoms with van der Waals surface area (Å²) in [5.74, 6) is 0.722. The second-order valence-electron chi connectivity index (χ2n) is 3.42. The van der Waals surface area contributed by atoms with Crippen molar-refractivity contribution in [2.45, 2.75) is 0 Å². The van der Waals surface area contributed by atoms with E-state index in [2.05, 4.69) is 5.10 Å². The molecule has 0 fully saturated rings. The van der Waals surface area contributed by atoms with E-state index in [1.54, 1.807) is 24.1 Å². The standard InChI is InChI=1S/C11H12ClN3O/c1-15-11(9(12)6-14-15)8-5-7(13)3-4-10(8)16-2/h3-6H,13H2,1-2H3. The van der Waals surface area contributed by atoms with Gasteiger partial charge in [-0.25, -0.2) is 0 Å². The SMILES string of the molecule is COc1ccc(N)cc1-c1c(Cl)cnn1C. The molecule has 0 saturated carbocycles. The van der Waals surface area contributed by atoms with Crippen LogP contribution in [0, 0.1) is 0 Å². The highest BCUT2D eigenvalue weighted by Gasteiger charge is 2.14. The fraction of sp³-hybridized carbons (Fsp3) is 0.182. The summed E-state index contributed by atoms with van der Waals surface area (Å²) in [6.07, 6.45) is 1.60. The molecule has 2 rings (SSSR count). The van der Waals surface area contributed by atoms with E-state index in [1.807, 2.05) is 19.2 Å². The van der Waals surface area contributed by atoms with E-state index < -0.39 is 0 Å². The number of rotatable bonds is 2. The molecule has 2 N–H and O–H groups in total. The van der Waals surface area contributed by atoms with Crippen molar-refractivity contribution < 1.29 is 4.74 Å². The summed E-state index contributed by atoms with van der Waals surface area (Å²) in [5.41, 5.74) is 8.06. The molecular weight excluding hydrogens is 226 g/mol. The molecule has 16 heavy (non-hydrogen) atoms. The van der Waals surface area contributed by atoms with Crippen LogP contribution in [-0.4, -0.2) is 16.9 Å². The minimum Gasteiger partial charge on any atom is -0.496 e. The smallest absolute Gasteiger partial charge is 0.128 e. The number of anilines is 1. The maximum Gasteiger partial charge on any atom is 0.128 e. The molecule has 0 spiro atoms. The number of aryl methyl sites for hydroxylation is 1. The highest BCUT2D eigenvalue weighted by molar-refractivity contribution is 6.33. The van der Waals surface area contributed by atoms with Crippen molar-refractivity contribution in [1.82, 2.24) is 9.78 Å². The Morgan fingerprint density at radius 2 is 2.19 bits per heavy atom. The summed E-state index contributed by atoms with van der Waals surface area (Å²) in [7, 11) is 3.43. The molecule has 4 nitrogen and oxygen atoms in total. The van der Waals surface area contributed by atoms with Gasteiger partial charge in [0.2, 0.25) is 0 Å². The van der Waals surface area contributed by atoms with Crippen molar-refractivity contribution >= 4 is 17.3 Å². The molecule has 5 heteroatoms. The first-order chi connectivity index (χ1) is 7.63. The van der Waals surface area contributed by atoms with Crippen LogP contribution in [0.15, 0.2) is 24.4 Å². The van der Waals surface area contributed by atoms with Gasteiger partial charge in [-0.3, -0.25) is 4.68 Å². The van der Waals surface area contributed by atoms with Gasteiger partial charge in [0.25, 0.3) is 0 Å². The Bertz CT molecular complexity index is 502. The van der Waals surface area contributed by atoms with Crippen LogP contribution in [0.5, 0.6) is 5.75 Å². The van der Waals surface area contributed by atoms with E-state index in [0.29, 0.717) is 10.7 Å². The summed E-state index contributed by atoms with van der Waals surface area (Å²) in [6, 6.07) is 5.42. The highest BCUT2D eigenvalue weighted by atomic mass is 35.5. The minimum absolute atomic E-state index is 0.575. The van der Waals surface area contributed by atoms with Crippen molar-refractivity contribution in [3.05, 3.63) is 29.4 Å². The Balaban J connectivity index is 2.67. The zero-order chi connectivity index (χ0) is 11.7. The van der Waals surface area contributed by atoms with Crippen molar-refractivity contribution in [2.75, 3.05) is 12.8 Å². The zero-order valence-corrected chi connectivity index (χ0v) is 9.82. The molecule has 0 saturated heterocycles. The summed E-state index contributed by atoms with van der Waals surface area (Å²) in [4.78, 5) is 0. The highest BCUT2D eigenvalue weighted by Crippen LogP contribution is 2.35. The molecule has 1 aromatic carbocycles. The summed E-state index contributed by atoms with van der Waals surface area (Å²) >= 11 is 6.08. The first-order valence-electron chi connectivity index (χ1n) is 4.75. The number of hydrogen-bond acceptors (Lipinski definition) is 3. The van der Waals surface area contributed by atoms with Gasteiger partial charge in [0, 0.05) is 18.3 Å². The molecular formula is C11H12ClN3O. The van der Waals surface area contributed by atoms with Crippen molar-refractivity contribution in [3.8, 4) is 17.0 Å². The molecule has 1 heterocycles. The zero-order valence-electron chi connectivity index (χ0n) is 9.07. The molecule has 0 aliphatic carbocycles. The summed E-state index contributed by atoms with van der Waals surface area (Å²) in [6.45, 7) is 0. The number of benzene rings is 1. The predicted molar refractivity (Wildman–Crippen MR) is 64.6 cm³/mol. The van der Waals surface area contributed by atoms with E-state index in [1.165, 1.54) is 0 Å². The Morgan fingerprint density at radius 1 is 1.44 bits per heavy atom.